The molecule has 1 aromatic carbocycles. The van der Waals surface area contributed by atoms with Crippen molar-refractivity contribution < 1.29 is 19.0 Å². The van der Waals surface area contributed by atoms with Crippen LogP contribution in [0.25, 0.3) is 11.2 Å². The van der Waals surface area contributed by atoms with Crippen molar-refractivity contribution >= 4 is 17.1 Å². The van der Waals surface area contributed by atoms with Gasteiger partial charge in [0.25, 0.3) is 5.56 Å². The van der Waals surface area contributed by atoms with Crippen molar-refractivity contribution in [2.24, 2.45) is 7.05 Å². The Balaban J connectivity index is 1.95. The lowest BCUT2D eigenvalue weighted by atomic mass is 10.2. The number of aromatic nitrogens is 4. The third-order valence-electron chi connectivity index (χ3n) is 4.81. The maximum atomic E-state index is 12.7. The van der Waals surface area contributed by atoms with Crippen LogP contribution >= 0.6 is 0 Å². The van der Waals surface area contributed by atoms with E-state index >= 15 is 0 Å². The quantitative estimate of drug-likeness (QED) is 0.554. The van der Waals surface area contributed by atoms with E-state index in [1.54, 1.807) is 25.2 Å². The first-order chi connectivity index (χ1) is 14.4. The molecule has 2 heterocycles. The van der Waals surface area contributed by atoms with E-state index in [0.29, 0.717) is 23.9 Å². The number of esters is 1. The van der Waals surface area contributed by atoms with Gasteiger partial charge in [-0.3, -0.25) is 14.3 Å². The lowest BCUT2D eigenvalue weighted by Crippen LogP contribution is -2.31. The third kappa shape index (κ3) is 3.80. The highest BCUT2D eigenvalue weighted by Crippen LogP contribution is 2.29. The van der Waals surface area contributed by atoms with Gasteiger partial charge in [-0.1, -0.05) is 19.4 Å². The molecule has 30 heavy (non-hydrogen) atoms. The van der Waals surface area contributed by atoms with E-state index in [2.05, 4.69) is 9.97 Å². The SMILES string of the molecule is CCCCn1c(=O)[nH]c(=O)c2c1nc(COC(=O)c1c(OC)cccc1OC)n2C. The van der Waals surface area contributed by atoms with Crippen LogP contribution in [0.4, 0.5) is 0 Å². The fraction of sp³-hybridized carbons (Fsp3) is 0.400. The standard InChI is InChI=1S/C20H24N4O6/c1-5-6-10-24-17-16(18(25)22-20(24)27)23(2)14(21-17)11-30-19(26)15-12(28-3)8-7-9-13(15)29-4/h7-9H,5-6,10-11H2,1-4H3,(H,22,25,27). The number of H-pyrrole nitrogens is 1. The molecule has 1 N–H and O–H groups in total. The van der Waals surface area contributed by atoms with Crippen LogP contribution in [0.5, 0.6) is 11.5 Å². The molecule has 10 nitrogen and oxygen atoms in total. The number of hydrogen-bond donors (Lipinski definition) is 1. The number of carbonyl (C=O) groups excluding carboxylic acids is 1. The molecular formula is C20H24N4O6. The molecule has 3 rings (SSSR count). The summed E-state index contributed by atoms with van der Waals surface area (Å²) in [6.45, 7) is 2.23. The minimum Gasteiger partial charge on any atom is -0.496 e. The first-order valence-corrected chi connectivity index (χ1v) is 9.49. The van der Waals surface area contributed by atoms with Crippen molar-refractivity contribution in [1.82, 2.24) is 19.1 Å². The summed E-state index contributed by atoms with van der Waals surface area (Å²) >= 11 is 0. The predicted molar refractivity (Wildman–Crippen MR) is 109 cm³/mol. The first kappa shape index (κ1) is 21.2. The number of imidazole rings is 1. The number of aromatic amines is 1. The summed E-state index contributed by atoms with van der Waals surface area (Å²) in [5.41, 5.74) is -0.394. The number of fused-ring (bicyclic) bond motifs is 1. The molecule has 0 bridgehead atoms. The number of ether oxygens (including phenoxy) is 3. The fourth-order valence-electron chi connectivity index (χ4n) is 3.20. The number of nitrogens with zero attached hydrogens (tertiary/aromatic N) is 3. The number of methoxy groups -OCH3 is 2. The highest BCUT2D eigenvalue weighted by atomic mass is 16.5. The highest BCUT2D eigenvalue weighted by Gasteiger charge is 2.22. The summed E-state index contributed by atoms with van der Waals surface area (Å²) in [6, 6.07) is 4.95. The molecule has 0 aliphatic heterocycles. The van der Waals surface area contributed by atoms with Crippen LogP contribution in [0.1, 0.15) is 35.9 Å². The first-order valence-electron chi connectivity index (χ1n) is 9.49. The van der Waals surface area contributed by atoms with Crippen molar-refractivity contribution in [1.29, 1.82) is 0 Å². The lowest BCUT2D eigenvalue weighted by Gasteiger charge is -2.12. The number of carbonyl (C=O) groups is 1. The van der Waals surface area contributed by atoms with Gasteiger partial charge in [-0.15, -0.1) is 0 Å². The zero-order valence-corrected chi connectivity index (χ0v) is 17.4. The lowest BCUT2D eigenvalue weighted by molar-refractivity contribution is 0.0452. The Bertz CT molecular complexity index is 1170. The number of hydrogen-bond acceptors (Lipinski definition) is 7. The Labute approximate surface area is 172 Å². The van der Waals surface area contributed by atoms with Crippen LogP contribution in [0.2, 0.25) is 0 Å². The Kier molecular flexibility index (Phi) is 6.24. The fourth-order valence-corrected chi connectivity index (χ4v) is 3.20. The van der Waals surface area contributed by atoms with Crippen molar-refractivity contribution in [3.8, 4) is 11.5 Å². The van der Waals surface area contributed by atoms with E-state index in [-0.39, 0.29) is 23.3 Å². The maximum Gasteiger partial charge on any atom is 0.346 e. The van der Waals surface area contributed by atoms with Gasteiger partial charge in [0.2, 0.25) is 0 Å². The summed E-state index contributed by atoms with van der Waals surface area (Å²) in [7, 11) is 4.52. The van der Waals surface area contributed by atoms with Crippen LogP contribution in [0.3, 0.4) is 0 Å². The minimum atomic E-state index is -0.659. The molecule has 0 unspecified atom stereocenters. The molecular weight excluding hydrogens is 392 g/mol. The van der Waals surface area contributed by atoms with E-state index in [4.69, 9.17) is 14.2 Å². The summed E-state index contributed by atoms with van der Waals surface area (Å²) in [6.07, 6.45) is 1.64. The van der Waals surface area contributed by atoms with Gasteiger partial charge in [0.05, 0.1) is 14.2 Å². The summed E-state index contributed by atoms with van der Waals surface area (Å²) < 4.78 is 18.8. The number of nitrogens with one attached hydrogen (secondary N) is 1. The predicted octanol–water partition coefficient (Wildman–Crippen LogP) is 1.60. The van der Waals surface area contributed by atoms with Gasteiger partial charge in [-0.05, 0) is 18.6 Å². The molecule has 0 aliphatic rings. The molecule has 0 spiro atoms. The average Bonchev–Trinajstić information content (AvgIpc) is 3.07. The van der Waals surface area contributed by atoms with Crippen molar-refractivity contribution in [3.63, 3.8) is 0 Å². The molecule has 0 aliphatic carbocycles. The van der Waals surface area contributed by atoms with Crippen LogP contribution in [0, 0.1) is 0 Å². The Hall–Kier alpha value is -3.56. The van der Waals surface area contributed by atoms with E-state index in [1.165, 1.54) is 23.4 Å². The monoisotopic (exact) mass is 416 g/mol. The maximum absolute atomic E-state index is 12.7. The second-order valence-corrected chi connectivity index (χ2v) is 6.64. The zero-order chi connectivity index (χ0) is 21.8. The average molecular weight is 416 g/mol. The van der Waals surface area contributed by atoms with Gasteiger partial charge >= 0.3 is 11.7 Å². The molecule has 3 aromatic rings. The van der Waals surface area contributed by atoms with Crippen LogP contribution in [-0.2, 0) is 24.9 Å². The molecule has 0 saturated heterocycles. The Morgan fingerprint density at radius 3 is 2.43 bits per heavy atom. The normalized spacial score (nSPS) is 10.9. The van der Waals surface area contributed by atoms with Crippen LogP contribution < -0.4 is 20.7 Å². The number of aryl methyl sites for hydroxylation is 2. The summed E-state index contributed by atoms with van der Waals surface area (Å²) in [5.74, 6) is 0.297. The topological polar surface area (TPSA) is 117 Å². The molecule has 0 saturated carbocycles. The zero-order valence-electron chi connectivity index (χ0n) is 17.4. The Morgan fingerprint density at radius 2 is 1.83 bits per heavy atom. The van der Waals surface area contributed by atoms with Gasteiger partial charge in [0, 0.05) is 13.6 Å². The third-order valence-corrected chi connectivity index (χ3v) is 4.81. The van der Waals surface area contributed by atoms with E-state index in [1.807, 2.05) is 6.92 Å². The largest absolute Gasteiger partial charge is 0.496 e. The van der Waals surface area contributed by atoms with Gasteiger partial charge in [0.15, 0.2) is 11.2 Å². The van der Waals surface area contributed by atoms with Crippen LogP contribution in [-0.4, -0.2) is 39.3 Å². The van der Waals surface area contributed by atoms with Crippen LogP contribution in [0.15, 0.2) is 27.8 Å². The molecule has 0 amide bonds. The molecule has 0 radical (unpaired) electrons. The molecule has 160 valence electrons. The number of benzene rings is 1. The van der Waals surface area contributed by atoms with Crippen molar-refractivity contribution in [3.05, 3.63) is 50.4 Å². The number of unbranched alkanes of at least 4 members (excludes halogenated alkanes) is 1. The van der Waals surface area contributed by atoms with E-state index < -0.39 is 17.2 Å². The van der Waals surface area contributed by atoms with E-state index in [9.17, 15) is 14.4 Å². The van der Waals surface area contributed by atoms with Crippen molar-refractivity contribution in [2.75, 3.05) is 14.2 Å². The highest BCUT2D eigenvalue weighted by molar-refractivity contribution is 5.95. The molecule has 2 aromatic heterocycles. The van der Waals surface area contributed by atoms with E-state index in [0.717, 1.165) is 12.8 Å². The van der Waals surface area contributed by atoms with Gasteiger partial charge in [0.1, 0.15) is 29.5 Å². The molecule has 0 fully saturated rings. The minimum absolute atomic E-state index is 0.152. The van der Waals surface area contributed by atoms with Crippen molar-refractivity contribution in [2.45, 2.75) is 32.9 Å². The second kappa shape index (κ2) is 8.85. The second-order valence-electron chi connectivity index (χ2n) is 6.64. The van der Waals surface area contributed by atoms with Gasteiger partial charge in [-0.25, -0.2) is 14.6 Å². The molecule has 0 atom stereocenters. The summed E-state index contributed by atoms with van der Waals surface area (Å²) in [5, 5.41) is 0. The van der Waals surface area contributed by atoms with Gasteiger partial charge < -0.3 is 18.8 Å². The van der Waals surface area contributed by atoms with Gasteiger partial charge in [-0.2, -0.15) is 0 Å². The Morgan fingerprint density at radius 1 is 1.17 bits per heavy atom. The smallest absolute Gasteiger partial charge is 0.346 e. The summed E-state index contributed by atoms with van der Waals surface area (Å²) in [4.78, 5) is 43.9. The molecule has 10 heteroatoms. The number of rotatable bonds is 8.